The molecule has 0 aliphatic carbocycles. The maximum absolute atomic E-state index is 5.83. The molecule has 2 rings (SSSR count). The Kier molecular flexibility index (Phi) is 5.30. The van der Waals surface area contributed by atoms with Gasteiger partial charge in [-0.2, -0.15) is 4.37 Å². The summed E-state index contributed by atoms with van der Waals surface area (Å²) in [5, 5.41) is 4.25. The Balaban J connectivity index is 1.94. The first kappa shape index (κ1) is 14.0. The lowest BCUT2D eigenvalue weighted by Gasteiger charge is -2.15. The van der Waals surface area contributed by atoms with Crippen molar-refractivity contribution in [1.82, 2.24) is 9.36 Å². The maximum atomic E-state index is 5.83. The quantitative estimate of drug-likeness (QED) is 0.815. The van der Waals surface area contributed by atoms with E-state index in [9.17, 15) is 0 Å². The lowest BCUT2D eigenvalue weighted by Crippen LogP contribution is -2.30. The topological polar surface area (TPSA) is 63.8 Å². The molecule has 1 aromatic carbocycles. The van der Waals surface area contributed by atoms with Crippen LogP contribution in [0.3, 0.4) is 0 Å². The predicted molar refractivity (Wildman–Crippen MR) is 80.5 cm³/mol. The van der Waals surface area contributed by atoms with E-state index in [-0.39, 0.29) is 6.04 Å². The van der Waals surface area contributed by atoms with Crippen molar-refractivity contribution in [3.63, 3.8) is 0 Å². The number of nitrogens with two attached hydrogens (primary N) is 1. The van der Waals surface area contributed by atoms with E-state index in [1.807, 2.05) is 18.2 Å². The van der Waals surface area contributed by atoms with Gasteiger partial charge < -0.3 is 11.1 Å². The highest BCUT2D eigenvalue weighted by molar-refractivity contribution is 7.09. The van der Waals surface area contributed by atoms with E-state index in [1.165, 1.54) is 17.1 Å². The number of nitrogens with one attached hydrogen (secondary N) is 1. The molecule has 0 saturated carbocycles. The second-order valence-electron chi connectivity index (χ2n) is 4.53. The molecule has 0 bridgehead atoms. The molecule has 3 N–H and O–H groups in total. The summed E-state index contributed by atoms with van der Waals surface area (Å²) in [5.41, 5.74) is 7.11. The Morgan fingerprint density at radius 3 is 2.79 bits per heavy atom. The van der Waals surface area contributed by atoms with Crippen molar-refractivity contribution in [3.05, 3.63) is 41.7 Å². The van der Waals surface area contributed by atoms with Gasteiger partial charge in [0.1, 0.15) is 5.82 Å². The second kappa shape index (κ2) is 7.21. The number of nitrogens with zero attached hydrogens (tertiary/aromatic N) is 2. The Bertz CT molecular complexity index is 483. The highest BCUT2D eigenvalue weighted by Crippen LogP contribution is 2.14. The minimum Gasteiger partial charge on any atom is -0.356 e. The van der Waals surface area contributed by atoms with E-state index in [0.717, 1.165) is 30.2 Å². The lowest BCUT2D eigenvalue weighted by atomic mass is 10.1. The molecule has 0 saturated heterocycles. The zero-order valence-electron chi connectivity index (χ0n) is 11.2. The van der Waals surface area contributed by atoms with Crippen molar-refractivity contribution in [2.45, 2.75) is 32.2 Å². The Labute approximate surface area is 118 Å². The van der Waals surface area contributed by atoms with Gasteiger partial charge in [0.05, 0.1) is 0 Å². The fraction of sp³-hybridized carbons (Fsp3) is 0.429. The molecule has 0 spiro atoms. The van der Waals surface area contributed by atoms with Crippen LogP contribution in [-0.4, -0.2) is 21.9 Å². The van der Waals surface area contributed by atoms with Gasteiger partial charge in [0.15, 0.2) is 0 Å². The third-order valence-electron chi connectivity index (χ3n) is 2.88. The van der Waals surface area contributed by atoms with Gasteiger partial charge in [0.2, 0.25) is 5.13 Å². The zero-order chi connectivity index (χ0) is 13.5. The van der Waals surface area contributed by atoms with Gasteiger partial charge >= 0.3 is 0 Å². The number of anilines is 1. The Hall–Kier alpha value is -1.46. The van der Waals surface area contributed by atoms with E-state index in [1.54, 1.807) is 0 Å². The number of rotatable bonds is 7. The van der Waals surface area contributed by atoms with Crippen LogP contribution in [0.2, 0.25) is 0 Å². The standard InChI is InChI=1S/C14H20N4S/c1-2-6-13-17-14(19-18-13)16-12(10-15)9-11-7-4-3-5-8-11/h3-5,7-8,12H,2,6,9-10,15H2,1H3,(H,16,17,18). The first-order valence-corrected chi connectivity index (χ1v) is 7.42. The molecule has 0 aliphatic rings. The van der Waals surface area contributed by atoms with Crippen LogP contribution in [0.1, 0.15) is 24.7 Å². The van der Waals surface area contributed by atoms with E-state index < -0.39 is 0 Å². The van der Waals surface area contributed by atoms with Crippen molar-refractivity contribution in [1.29, 1.82) is 0 Å². The van der Waals surface area contributed by atoms with Gasteiger partial charge in [0.25, 0.3) is 0 Å². The molecule has 0 aliphatic heterocycles. The van der Waals surface area contributed by atoms with Crippen molar-refractivity contribution in [3.8, 4) is 0 Å². The minimum absolute atomic E-state index is 0.199. The third-order valence-corrected chi connectivity index (χ3v) is 3.56. The molecule has 0 radical (unpaired) electrons. The summed E-state index contributed by atoms with van der Waals surface area (Å²) in [5.74, 6) is 0.922. The van der Waals surface area contributed by atoms with Crippen molar-refractivity contribution in [2.24, 2.45) is 5.73 Å². The second-order valence-corrected chi connectivity index (χ2v) is 5.28. The molecule has 1 unspecified atom stereocenters. The largest absolute Gasteiger partial charge is 0.356 e. The summed E-state index contributed by atoms with van der Waals surface area (Å²) in [6.07, 6.45) is 2.91. The average Bonchev–Trinajstić information content (AvgIpc) is 2.87. The molecule has 2 aromatic rings. The van der Waals surface area contributed by atoms with Crippen LogP contribution in [0.4, 0.5) is 5.13 Å². The summed E-state index contributed by atoms with van der Waals surface area (Å²) in [7, 11) is 0. The molecule has 1 aromatic heterocycles. The third kappa shape index (κ3) is 4.29. The van der Waals surface area contributed by atoms with Gasteiger partial charge in [-0.15, -0.1) is 0 Å². The lowest BCUT2D eigenvalue weighted by molar-refractivity contribution is 0.721. The zero-order valence-corrected chi connectivity index (χ0v) is 12.0. The molecule has 102 valence electrons. The number of aromatic nitrogens is 2. The summed E-state index contributed by atoms with van der Waals surface area (Å²) in [6, 6.07) is 10.6. The molecule has 0 amide bonds. The van der Waals surface area contributed by atoms with Crippen LogP contribution in [0, 0.1) is 0 Å². The number of hydrogen-bond donors (Lipinski definition) is 2. The highest BCUT2D eigenvalue weighted by Gasteiger charge is 2.10. The molecular formula is C14H20N4S. The van der Waals surface area contributed by atoms with Crippen LogP contribution in [0.15, 0.2) is 30.3 Å². The summed E-state index contributed by atoms with van der Waals surface area (Å²) < 4.78 is 4.33. The molecule has 5 heteroatoms. The minimum atomic E-state index is 0.199. The maximum Gasteiger partial charge on any atom is 0.202 e. The smallest absolute Gasteiger partial charge is 0.202 e. The first-order chi connectivity index (χ1) is 9.31. The molecule has 1 atom stereocenters. The fourth-order valence-corrected chi connectivity index (χ4v) is 2.59. The molecule has 19 heavy (non-hydrogen) atoms. The van der Waals surface area contributed by atoms with Crippen LogP contribution in [0.25, 0.3) is 0 Å². The molecular weight excluding hydrogens is 256 g/mol. The first-order valence-electron chi connectivity index (χ1n) is 6.65. The SMILES string of the molecule is CCCc1nsc(NC(CN)Cc2ccccc2)n1. The van der Waals surface area contributed by atoms with Crippen molar-refractivity contribution in [2.75, 3.05) is 11.9 Å². The number of benzene rings is 1. The van der Waals surface area contributed by atoms with Gasteiger partial charge in [-0.3, -0.25) is 0 Å². The van der Waals surface area contributed by atoms with Crippen LogP contribution in [-0.2, 0) is 12.8 Å². The van der Waals surface area contributed by atoms with Gasteiger partial charge in [-0.25, -0.2) is 4.98 Å². The Morgan fingerprint density at radius 2 is 2.11 bits per heavy atom. The van der Waals surface area contributed by atoms with E-state index in [2.05, 4.69) is 33.7 Å². The highest BCUT2D eigenvalue weighted by atomic mass is 32.1. The van der Waals surface area contributed by atoms with Gasteiger partial charge in [-0.05, 0) is 18.4 Å². The summed E-state index contributed by atoms with van der Waals surface area (Å²) >= 11 is 1.42. The van der Waals surface area contributed by atoms with Gasteiger partial charge in [-0.1, -0.05) is 37.3 Å². The molecule has 1 heterocycles. The summed E-state index contributed by atoms with van der Waals surface area (Å²) in [4.78, 5) is 4.47. The van der Waals surface area contributed by atoms with Gasteiger partial charge in [0, 0.05) is 30.5 Å². The summed E-state index contributed by atoms with van der Waals surface area (Å²) in [6.45, 7) is 2.71. The van der Waals surface area contributed by atoms with Crippen LogP contribution < -0.4 is 11.1 Å². The predicted octanol–water partition coefficient (Wildman–Crippen LogP) is 2.47. The fourth-order valence-electron chi connectivity index (χ4n) is 1.90. The normalized spacial score (nSPS) is 12.3. The van der Waals surface area contributed by atoms with Crippen molar-refractivity contribution < 1.29 is 0 Å². The number of aryl methyl sites for hydroxylation is 1. The Morgan fingerprint density at radius 1 is 1.32 bits per heavy atom. The van der Waals surface area contributed by atoms with E-state index in [4.69, 9.17) is 5.73 Å². The van der Waals surface area contributed by atoms with E-state index >= 15 is 0 Å². The van der Waals surface area contributed by atoms with Crippen LogP contribution >= 0.6 is 11.5 Å². The molecule has 4 nitrogen and oxygen atoms in total. The average molecular weight is 276 g/mol. The number of hydrogen-bond acceptors (Lipinski definition) is 5. The monoisotopic (exact) mass is 276 g/mol. The molecule has 0 fully saturated rings. The van der Waals surface area contributed by atoms with Crippen LogP contribution in [0.5, 0.6) is 0 Å². The van der Waals surface area contributed by atoms with Crippen molar-refractivity contribution >= 4 is 16.7 Å². The van der Waals surface area contributed by atoms with E-state index in [0.29, 0.717) is 6.54 Å².